The molecule has 14 nitrogen and oxygen atoms in total. The first-order valence-corrected chi connectivity index (χ1v) is 7.98. The molecule has 0 amide bonds. The number of hydrogen-bond donors (Lipinski definition) is 8. The average molecular weight is 370 g/mol. The number of phosphoric acid groups is 2. The van der Waals surface area contributed by atoms with Crippen molar-refractivity contribution in [3.05, 3.63) is 0 Å². The standard InChI is InChI=1S/C6H12O14P2/c7-1-2(8)3(9)6(12,4(10)19-21(13,14)15)5(11)20-22(16,17)18/h2,4,7-8,10,12H,1H2,(H2,13,14,15)(H2,16,17,18). The number of hydrogen-bond acceptors (Lipinski definition) is 10. The molecule has 0 rings (SSSR count). The largest absolute Gasteiger partial charge is 0.527 e. The molecule has 0 fully saturated rings. The van der Waals surface area contributed by atoms with Gasteiger partial charge in [-0.05, 0) is 0 Å². The first kappa shape index (κ1) is 21.2. The van der Waals surface area contributed by atoms with Gasteiger partial charge in [0.25, 0.3) is 5.60 Å². The van der Waals surface area contributed by atoms with E-state index in [-0.39, 0.29) is 0 Å². The van der Waals surface area contributed by atoms with E-state index in [0.717, 1.165) is 0 Å². The van der Waals surface area contributed by atoms with Gasteiger partial charge in [0.1, 0.15) is 6.10 Å². The van der Waals surface area contributed by atoms with Crippen molar-refractivity contribution in [3.8, 4) is 0 Å². The van der Waals surface area contributed by atoms with Gasteiger partial charge in [0, 0.05) is 0 Å². The monoisotopic (exact) mass is 370 g/mol. The molecular formula is C6H12O14P2. The molecule has 0 bridgehead atoms. The number of carbonyl (C=O) groups is 2. The minimum Gasteiger partial charge on any atom is -0.393 e. The van der Waals surface area contributed by atoms with Gasteiger partial charge in [0.05, 0.1) is 6.61 Å². The highest BCUT2D eigenvalue weighted by molar-refractivity contribution is 7.47. The summed E-state index contributed by atoms with van der Waals surface area (Å²) in [5.74, 6) is -4.78. The third-order valence-electron chi connectivity index (χ3n) is 1.96. The second-order valence-electron chi connectivity index (χ2n) is 3.65. The number of rotatable bonds is 8. The summed E-state index contributed by atoms with van der Waals surface area (Å²) in [6.45, 7) is -1.42. The lowest BCUT2D eigenvalue weighted by Crippen LogP contribution is -2.60. The first-order valence-electron chi connectivity index (χ1n) is 4.92. The Morgan fingerprint density at radius 1 is 1.05 bits per heavy atom. The summed E-state index contributed by atoms with van der Waals surface area (Å²) in [6.07, 6.45) is -5.97. The summed E-state index contributed by atoms with van der Waals surface area (Å²) >= 11 is 0. The van der Waals surface area contributed by atoms with Gasteiger partial charge in [-0.3, -0.25) is 19.1 Å². The van der Waals surface area contributed by atoms with Crippen molar-refractivity contribution in [2.24, 2.45) is 0 Å². The van der Waals surface area contributed by atoms with Gasteiger partial charge in [-0.25, -0.2) is 13.9 Å². The van der Waals surface area contributed by atoms with E-state index in [1.165, 1.54) is 0 Å². The van der Waals surface area contributed by atoms with Crippen LogP contribution in [0.1, 0.15) is 0 Å². The molecule has 8 N–H and O–H groups in total. The first-order chi connectivity index (χ1) is 9.65. The Morgan fingerprint density at radius 3 is 1.82 bits per heavy atom. The summed E-state index contributed by atoms with van der Waals surface area (Å²) in [5.41, 5.74) is -4.15. The van der Waals surface area contributed by atoms with E-state index in [0.29, 0.717) is 0 Å². The molecule has 0 saturated heterocycles. The molecule has 0 saturated carbocycles. The number of aliphatic hydroxyl groups is 4. The lowest BCUT2D eigenvalue weighted by atomic mass is 9.94. The Hall–Kier alpha value is -0.760. The van der Waals surface area contributed by atoms with E-state index in [1.54, 1.807) is 0 Å². The highest BCUT2D eigenvalue weighted by Crippen LogP contribution is 2.42. The van der Waals surface area contributed by atoms with Crippen molar-refractivity contribution in [2.75, 3.05) is 6.61 Å². The number of phosphoric ester groups is 2. The minimum atomic E-state index is -5.65. The number of ketones is 1. The SMILES string of the molecule is O=C(OP(=O)(O)O)C(O)(C(=O)C(O)CO)C(O)OP(=O)(O)O. The summed E-state index contributed by atoms with van der Waals surface area (Å²) < 4.78 is 27.8. The molecule has 0 aromatic heterocycles. The molecule has 0 aliphatic rings. The highest BCUT2D eigenvalue weighted by Gasteiger charge is 2.57. The zero-order chi connectivity index (χ0) is 17.9. The van der Waals surface area contributed by atoms with Crippen molar-refractivity contribution in [3.63, 3.8) is 0 Å². The van der Waals surface area contributed by atoms with E-state index in [4.69, 9.17) is 29.8 Å². The van der Waals surface area contributed by atoms with Gasteiger partial charge in [0.2, 0.25) is 12.1 Å². The second-order valence-corrected chi connectivity index (χ2v) is 6.00. The van der Waals surface area contributed by atoms with Crippen LogP contribution in [-0.4, -0.2) is 76.4 Å². The fourth-order valence-corrected chi connectivity index (χ4v) is 1.81. The van der Waals surface area contributed by atoms with Crippen LogP contribution >= 0.6 is 15.6 Å². The molecule has 0 heterocycles. The molecular weight excluding hydrogens is 358 g/mol. The van der Waals surface area contributed by atoms with Gasteiger partial charge in [-0.1, -0.05) is 0 Å². The fourth-order valence-electron chi connectivity index (χ4n) is 1.04. The van der Waals surface area contributed by atoms with Gasteiger partial charge >= 0.3 is 21.6 Å². The minimum absolute atomic E-state index is 1.42. The molecule has 0 aliphatic carbocycles. The molecule has 0 radical (unpaired) electrons. The quantitative estimate of drug-likeness (QED) is 0.114. The smallest absolute Gasteiger partial charge is 0.393 e. The molecule has 3 atom stereocenters. The van der Waals surface area contributed by atoms with E-state index >= 15 is 0 Å². The predicted octanol–water partition coefficient (Wildman–Crippen LogP) is -4.30. The Balaban J connectivity index is 5.76. The third-order valence-corrected chi connectivity index (χ3v) is 2.84. The van der Waals surface area contributed by atoms with Gasteiger partial charge < -0.3 is 34.7 Å². The molecule has 16 heteroatoms. The average Bonchev–Trinajstić information content (AvgIpc) is 2.31. The van der Waals surface area contributed by atoms with Crippen molar-refractivity contribution in [2.45, 2.75) is 18.0 Å². The van der Waals surface area contributed by atoms with Crippen molar-refractivity contribution in [1.82, 2.24) is 0 Å². The van der Waals surface area contributed by atoms with Gasteiger partial charge in [-0.15, -0.1) is 0 Å². The van der Waals surface area contributed by atoms with Crippen LogP contribution in [0, 0.1) is 0 Å². The Kier molecular flexibility index (Phi) is 6.96. The molecule has 0 aromatic rings. The lowest BCUT2D eigenvalue weighted by Gasteiger charge is -2.29. The number of carbonyl (C=O) groups excluding carboxylic acids is 2. The summed E-state index contributed by atoms with van der Waals surface area (Å²) in [5, 5.41) is 36.5. The lowest BCUT2D eigenvalue weighted by molar-refractivity contribution is -0.205. The maximum Gasteiger partial charge on any atom is 0.527 e. The van der Waals surface area contributed by atoms with Crippen LogP contribution in [0.5, 0.6) is 0 Å². The molecule has 0 spiro atoms. The van der Waals surface area contributed by atoms with Crippen LogP contribution in [0.4, 0.5) is 0 Å². The summed E-state index contributed by atoms with van der Waals surface area (Å²) in [6, 6.07) is 0. The molecule has 130 valence electrons. The number of aliphatic hydroxyl groups excluding tert-OH is 3. The van der Waals surface area contributed by atoms with Gasteiger partial charge in [-0.2, -0.15) is 0 Å². The third kappa shape index (κ3) is 5.79. The van der Waals surface area contributed by atoms with E-state index in [9.17, 15) is 28.9 Å². The van der Waals surface area contributed by atoms with E-state index < -0.39 is 52.0 Å². The van der Waals surface area contributed by atoms with E-state index in [1.807, 2.05) is 0 Å². The van der Waals surface area contributed by atoms with E-state index in [2.05, 4.69) is 9.05 Å². The maximum absolute atomic E-state index is 11.5. The molecule has 0 aliphatic heterocycles. The van der Waals surface area contributed by atoms with Crippen LogP contribution in [0.2, 0.25) is 0 Å². The highest BCUT2D eigenvalue weighted by atomic mass is 31.2. The number of Topliss-reactive ketones (excluding diaryl/α,β-unsaturated/α-hetero) is 1. The maximum atomic E-state index is 11.5. The summed E-state index contributed by atoms with van der Waals surface area (Å²) in [7, 11) is -11.2. The van der Waals surface area contributed by atoms with Crippen molar-refractivity contribution in [1.29, 1.82) is 0 Å². The van der Waals surface area contributed by atoms with Crippen molar-refractivity contribution >= 4 is 27.4 Å². The molecule has 22 heavy (non-hydrogen) atoms. The van der Waals surface area contributed by atoms with Crippen LogP contribution in [0.15, 0.2) is 0 Å². The van der Waals surface area contributed by atoms with Crippen LogP contribution in [0.25, 0.3) is 0 Å². The topological polar surface area (TPSA) is 249 Å². The van der Waals surface area contributed by atoms with Crippen LogP contribution in [0.3, 0.4) is 0 Å². The summed E-state index contributed by atoms with van der Waals surface area (Å²) in [4.78, 5) is 56.6. The zero-order valence-electron chi connectivity index (χ0n) is 10.3. The Morgan fingerprint density at radius 2 is 1.50 bits per heavy atom. The van der Waals surface area contributed by atoms with Crippen molar-refractivity contribution < 1.29 is 67.8 Å². The zero-order valence-corrected chi connectivity index (χ0v) is 12.1. The predicted molar refractivity (Wildman–Crippen MR) is 60.3 cm³/mol. The second kappa shape index (κ2) is 7.21. The van der Waals surface area contributed by atoms with Crippen LogP contribution in [-0.2, 0) is 27.8 Å². The van der Waals surface area contributed by atoms with Crippen LogP contribution < -0.4 is 0 Å². The fraction of sp³-hybridized carbons (Fsp3) is 0.667. The Bertz CT molecular complexity index is 517. The van der Waals surface area contributed by atoms with Gasteiger partial charge in [0.15, 0.2) is 0 Å². The Labute approximate surface area is 121 Å². The molecule has 3 unspecified atom stereocenters. The molecule has 0 aromatic carbocycles. The normalized spacial score (nSPS) is 18.2.